The molecule has 0 heterocycles. The molecule has 0 saturated heterocycles. The number of carbonyl (C=O) groups is 1. The van der Waals surface area contributed by atoms with Crippen LogP contribution < -0.4 is 20.3 Å². The van der Waals surface area contributed by atoms with Crippen molar-refractivity contribution in [3.8, 4) is 11.5 Å². The summed E-state index contributed by atoms with van der Waals surface area (Å²) < 4.78 is 127. The number of carbonyl (C=O) groups excluding carboxylic acids is 1. The Kier molecular flexibility index (Phi) is 7.72. The van der Waals surface area contributed by atoms with Crippen LogP contribution in [0.4, 0.5) is 50.9 Å². The molecule has 0 atom stereocenters. The molecule has 0 aromatic heterocycles. The van der Waals surface area contributed by atoms with Crippen molar-refractivity contribution in [2.45, 2.75) is 24.6 Å². The van der Waals surface area contributed by atoms with Crippen LogP contribution in [0.25, 0.3) is 0 Å². The number of rotatable bonds is 7. The standard InChI is InChI=1S/C18H12ClF9N2O4/c1-33-13-8(3-2-4-10(13)30-32)14(31)29-12-9(19)5-7(6-11(12)34-15(20)21)16(22,17(23,24)25)18(26,27)28/h2-6,15,30,32H,1H3,(H,29,31). The van der Waals surface area contributed by atoms with Crippen LogP contribution in [0, 0.1) is 0 Å². The number of benzene rings is 2. The third kappa shape index (κ3) is 5.04. The maximum absolute atomic E-state index is 14.4. The zero-order valence-corrected chi connectivity index (χ0v) is 17.2. The van der Waals surface area contributed by atoms with Gasteiger partial charge < -0.3 is 14.8 Å². The molecule has 2 rings (SSSR count). The lowest BCUT2D eigenvalue weighted by Gasteiger charge is -2.31. The van der Waals surface area contributed by atoms with Gasteiger partial charge in [0.15, 0.2) is 11.5 Å². The molecule has 0 unspecified atom stereocenters. The molecule has 0 radical (unpaired) electrons. The summed E-state index contributed by atoms with van der Waals surface area (Å²) in [7, 11) is 1.08. The molecule has 34 heavy (non-hydrogen) atoms. The van der Waals surface area contributed by atoms with Gasteiger partial charge in [0.05, 0.1) is 17.7 Å². The highest BCUT2D eigenvalue weighted by molar-refractivity contribution is 6.34. The number of alkyl halides is 9. The molecule has 16 heteroatoms. The Bertz CT molecular complexity index is 1050. The van der Waals surface area contributed by atoms with Crippen molar-refractivity contribution in [2.24, 2.45) is 0 Å². The highest BCUT2D eigenvalue weighted by atomic mass is 35.5. The minimum absolute atomic E-state index is 0.139. The first-order valence-corrected chi connectivity index (χ1v) is 8.95. The summed E-state index contributed by atoms with van der Waals surface area (Å²) >= 11 is 5.66. The maximum Gasteiger partial charge on any atom is 0.435 e. The van der Waals surface area contributed by atoms with Crippen LogP contribution in [0.5, 0.6) is 11.5 Å². The van der Waals surface area contributed by atoms with E-state index in [4.69, 9.17) is 21.5 Å². The van der Waals surface area contributed by atoms with Crippen molar-refractivity contribution in [1.29, 1.82) is 0 Å². The Morgan fingerprint density at radius 1 is 1.06 bits per heavy atom. The molecular weight excluding hydrogens is 515 g/mol. The van der Waals surface area contributed by atoms with E-state index in [0.717, 1.165) is 13.2 Å². The number of nitrogens with one attached hydrogen (secondary N) is 2. The number of methoxy groups -OCH3 is 1. The fourth-order valence-corrected chi connectivity index (χ4v) is 3.04. The van der Waals surface area contributed by atoms with Crippen LogP contribution in [0.3, 0.4) is 0 Å². The van der Waals surface area contributed by atoms with E-state index in [1.165, 1.54) is 12.1 Å². The second-order valence-corrected chi connectivity index (χ2v) is 6.72. The van der Waals surface area contributed by atoms with E-state index in [0.29, 0.717) is 0 Å². The lowest BCUT2D eigenvalue weighted by molar-refractivity contribution is -0.348. The number of para-hydroxylation sites is 1. The lowest BCUT2D eigenvalue weighted by atomic mass is 9.93. The van der Waals surface area contributed by atoms with Crippen LogP contribution in [-0.2, 0) is 5.67 Å². The summed E-state index contributed by atoms with van der Waals surface area (Å²) in [5.74, 6) is -3.00. The van der Waals surface area contributed by atoms with Crippen molar-refractivity contribution in [2.75, 3.05) is 17.9 Å². The second kappa shape index (κ2) is 9.66. The van der Waals surface area contributed by atoms with E-state index in [9.17, 15) is 44.3 Å². The Morgan fingerprint density at radius 2 is 1.65 bits per heavy atom. The highest BCUT2D eigenvalue weighted by Crippen LogP contribution is 2.55. The van der Waals surface area contributed by atoms with Gasteiger partial charge in [-0.2, -0.15) is 35.1 Å². The number of anilines is 2. The first-order valence-electron chi connectivity index (χ1n) is 8.58. The minimum atomic E-state index is -6.56. The summed E-state index contributed by atoms with van der Waals surface area (Å²) in [5, 5.41) is 9.76. The van der Waals surface area contributed by atoms with Crippen molar-refractivity contribution in [3.05, 3.63) is 46.5 Å². The average molecular weight is 527 g/mol. The molecule has 0 aliphatic carbocycles. The van der Waals surface area contributed by atoms with Gasteiger partial charge in [-0.15, -0.1) is 0 Å². The molecule has 2 aromatic rings. The van der Waals surface area contributed by atoms with Gasteiger partial charge in [-0.25, -0.2) is 4.39 Å². The van der Waals surface area contributed by atoms with Crippen LogP contribution >= 0.6 is 11.6 Å². The van der Waals surface area contributed by atoms with Gasteiger partial charge in [0, 0.05) is 5.56 Å². The number of hydrogen-bond acceptors (Lipinski definition) is 5. The normalized spacial score (nSPS) is 12.5. The Hall–Kier alpha value is -3.07. The van der Waals surface area contributed by atoms with Gasteiger partial charge in [0.2, 0.25) is 0 Å². The third-order valence-electron chi connectivity index (χ3n) is 4.27. The molecular formula is C18H12ClF9N2O4. The SMILES string of the molecule is COc1c(NO)cccc1C(=O)Nc1c(Cl)cc(C(F)(C(F)(F)F)C(F)(F)F)cc1OC(F)F. The second-order valence-electron chi connectivity index (χ2n) is 6.32. The van der Waals surface area contributed by atoms with Gasteiger partial charge in [0.1, 0.15) is 11.4 Å². The summed E-state index contributed by atoms with van der Waals surface area (Å²) in [6, 6.07) is 3.13. The fraction of sp³-hybridized carbons (Fsp3) is 0.278. The van der Waals surface area contributed by atoms with E-state index < -0.39 is 52.6 Å². The minimum Gasteiger partial charge on any atom is -0.494 e. The predicted octanol–water partition coefficient (Wildman–Crippen LogP) is 6.29. The smallest absolute Gasteiger partial charge is 0.435 e. The van der Waals surface area contributed by atoms with Crippen LogP contribution in [0.2, 0.25) is 5.02 Å². The number of hydrogen-bond donors (Lipinski definition) is 3. The number of ether oxygens (including phenoxy) is 2. The lowest BCUT2D eigenvalue weighted by Crippen LogP contribution is -2.50. The molecule has 0 aliphatic rings. The average Bonchev–Trinajstić information content (AvgIpc) is 2.72. The van der Waals surface area contributed by atoms with Crippen molar-refractivity contribution in [1.82, 2.24) is 0 Å². The molecule has 0 bridgehead atoms. The number of amides is 1. The Balaban J connectivity index is 2.67. The number of halogens is 10. The zero-order valence-electron chi connectivity index (χ0n) is 16.4. The summed E-state index contributed by atoms with van der Waals surface area (Å²) in [6.07, 6.45) is -13.1. The quantitative estimate of drug-likeness (QED) is 0.292. The Morgan fingerprint density at radius 3 is 2.12 bits per heavy atom. The Labute approximate surface area is 189 Å². The summed E-state index contributed by atoms with van der Waals surface area (Å²) in [4.78, 5) is 12.6. The summed E-state index contributed by atoms with van der Waals surface area (Å²) in [5.41, 5.74) is -8.03. The first-order chi connectivity index (χ1) is 15.6. The maximum atomic E-state index is 14.4. The zero-order chi connectivity index (χ0) is 26.1. The first kappa shape index (κ1) is 27.2. The molecule has 2 aromatic carbocycles. The third-order valence-corrected chi connectivity index (χ3v) is 4.57. The van der Waals surface area contributed by atoms with E-state index in [-0.39, 0.29) is 29.1 Å². The van der Waals surface area contributed by atoms with Crippen molar-refractivity contribution < 1.29 is 59.0 Å². The van der Waals surface area contributed by atoms with Crippen LogP contribution in [0.15, 0.2) is 30.3 Å². The topological polar surface area (TPSA) is 79.8 Å². The van der Waals surface area contributed by atoms with Gasteiger partial charge in [0.25, 0.3) is 5.91 Å². The molecule has 3 N–H and O–H groups in total. The fourth-order valence-electron chi connectivity index (χ4n) is 2.78. The largest absolute Gasteiger partial charge is 0.494 e. The van der Waals surface area contributed by atoms with Crippen LogP contribution in [0.1, 0.15) is 15.9 Å². The van der Waals surface area contributed by atoms with Gasteiger partial charge >= 0.3 is 24.6 Å². The molecule has 0 fully saturated rings. The molecule has 6 nitrogen and oxygen atoms in total. The van der Waals surface area contributed by atoms with Gasteiger partial charge in [-0.3, -0.25) is 15.5 Å². The predicted molar refractivity (Wildman–Crippen MR) is 99.3 cm³/mol. The van der Waals surface area contributed by atoms with Gasteiger partial charge in [-0.1, -0.05) is 17.7 Å². The van der Waals surface area contributed by atoms with E-state index >= 15 is 0 Å². The van der Waals surface area contributed by atoms with Crippen molar-refractivity contribution in [3.63, 3.8) is 0 Å². The van der Waals surface area contributed by atoms with E-state index in [1.54, 1.807) is 5.48 Å². The molecule has 188 valence electrons. The monoisotopic (exact) mass is 526 g/mol. The molecule has 1 amide bonds. The summed E-state index contributed by atoms with van der Waals surface area (Å²) in [6.45, 7) is -3.82. The van der Waals surface area contributed by atoms with Gasteiger partial charge in [-0.05, 0) is 24.3 Å². The molecule has 0 aliphatic heterocycles. The molecule has 0 spiro atoms. The van der Waals surface area contributed by atoms with Crippen molar-refractivity contribution >= 4 is 28.9 Å². The molecule has 0 saturated carbocycles. The van der Waals surface area contributed by atoms with E-state index in [1.807, 2.05) is 5.32 Å². The van der Waals surface area contributed by atoms with E-state index in [2.05, 4.69) is 4.74 Å². The highest BCUT2D eigenvalue weighted by Gasteiger charge is 2.73. The van der Waals surface area contributed by atoms with Crippen LogP contribution in [-0.4, -0.2) is 37.2 Å².